The molecule has 4 aliphatic heterocycles. The standard InChI is InChI=1S/C35H42N4O4S/c1-4-20-37-21-10-14-28-29(32(37)41)30-33(42)39(27(23-40)24-12-8-7-9-13-24)31-34(43)38(22-11-19-35(30,31)44-28)26-17-15-25(16-18-26)36(5-2)6-3/h7-19,27-31,40H,4-6,20-23H2,1-3H3/t27-,28+,29-,30+,31?,35+/m1/s1. The van der Waals surface area contributed by atoms with E-state index >= 15 is 0 Å². The molecule has 2 fully saturated rings. The van der Waals surface area contributed by atoms with Crippen molar-refractivity contribution in [2.24, 2.45) is 11.8 Å². The molecule has 232 valence electrons. The fourth-order valence-corrected chi connectivity index (χ4v) is 9.62. The van der Waals surface area contributed by atoms with E-state index in [4.69, 9.17) is 0 Å². The van der Waals surface area contributed by atoms with Crippen LogP contribution in [0.3, 0.4) is 0 Å². The minimum atomic E-state index is -0.948. The van der Waals surface area contributed by atoms with Gasteiger partial charge in [-0.2, -0.15) is 0 Å². The molecule has 8 nitrogen and oxygen atoms in total. The van der Waals surface area contributed by atoms with Gasteiger partial charge >= 0.3 is 0 Å². The van der Waals surface area contributed by atoms with Gasteiger partial charge in [-0.05, 0) is 50.1 Å². The van der Waals surface area contributed by atoms with Crippen LogP contribution in [-0.2, 0) is 14.4 Å². The van der Waals surface area contributed by atoms with Crippen LogP contribution in [0.2, 0.25) is 0 Å². The van der Waals surface area contributed by atoms with Crippen LogP contribution in [0.5, 0.6) is 0 Å². The Morgan fingerprint density at radius 3 is 2.32 bits per heavy atom. The molecule has 2 aromatic rings. The molecule has 3 amide bonds. The maximum absolute atomic E-state index is 14.9. The summed E-state index contributed by atoms with van der Waals surface area (Å²) in [5, 5.41) is 10.6. The number of fused-ring (bicyclic) bond motifs is 2. The van der Waals surface area contributed by atoms with Crippen molar-refractivity contribution in [3.05, 3.63) is 84.5 Å². The lowest BCUT2D eigenvalue weighted by molar-refractivity contribution is -0.144. The molecular weight excluding hydrogens is 572 g/mol. The quantitative estimate of drug-likeness (QED) is 0.425. The summed E-state index contributed by atoms with van der Waals surface area (Å²) < 4.78 is -0.948. The first kappa shape index (κ1) is 30.5. The Hall–Kier alpha value is -3.56. The zero-order valence-corrected chi connectivity index (χ0v) is 26.5. The highest BCUT2D eigenvalue weighted by Crippen LogP contribution is 2.62. The smallest absolute Gasteiger partial charge is 0.251 e. The van der Waals surface area contributed by atoms with E-state index in [-0.39, 0.29) is 29.6 Å². The van der Waals surface area contributed by atoms with E-state index in [9.17, 15) is 19.5 Å². The summed E-state index contributed by atoms with van der Waals surface area (Å²) in [5.74, 6) is -1.77. The lowest BCUT2D eigenvalue weighted by Gasteiger charge is -2.38. The Labute approximate surface area is 264 Å². The van der Waals surface area contributed by atoms with Gasteiger partial charge in [0.2, 0.25) is 11.8 Å². The van der Waals surface area contributed by atoms with Crippen molar-refractivity contribution in [2.75, 3.05) is 49.1 Å². The van der Waals surface area contributed by atoms with Crippen molar-refractivity contribution in [1.29, 1.82) is 0 Å². The van der Waals surface area contributed by atoms with E-state index in [2.05, 4.69) is 24.8 Å². The van der Waals surface area contributed by atoms with Gasteiger partial charge in [-0.25, -0.2) is 0 Å². The van der Waals surface area contributed by atoms with Crippen molar-refractivity contribution < 1.29 is 19.5 Å². The van der Waals surface area contributed by atoms with Crippen LogP contribution in [0.25, 0.3) is 0 Å². The topological polar surface area (TPSA) is 84.4 Å². The van der Waals surface area contributed by atoms with Crippen LogP contribution < -0.4 is 9.80 Å². The second-order valence-electron chi connectivity index (χ2n) is 11.9. The van der Waals surface area contributed by atoms with Crippen LogP contribution in [0.4, 0.5) is 11.4 Å². The number of benzene rings is 2. The number of likely N-dealkylation sites (tertiary alicyclic amines) is 1. The van der Waals surface area contributed by atoms with Crippen LogP contribution in [-0.4, -0.2) is 88.0 Å². The van der Waals surface area contributed by atoms with E-state index in [1.54, 1.807) is 21.6 Å². The Bertz CT molecular complexity index is 1440. The number of rotatable bonds is 9. The lowest BCUT2D eigenvalue weighted by atomic mass is 9.78. The van der Waals surface area contributed by atoms with Gasteiger partial charge < -0.3 is 24.7 Å². The fraction of sp³-hybridized carbons (Fsp3) is 0.457. The van der Waals surface area contributed by atoms with Crippen LogP contribution in [0.15, 0.2) is 78.9 Å². The summed E-state index contributed by atoms with van der Waals surface area (Å²) >= 11 is 1.57. The van der Waals surface area contributed by atoms with Crippen molar-refractivity contribution >= 4 is 40.9 Å². The van der Waals surface area contributed by atoms with Crippen molar-refractivity contribution in [1.82, 2.24) is 9.80 Å². The fourth-order valence-electron chi connectivity index (χ4n) is 7.63. The molecule has 0 aliphatic carbocycles. The summed E-state index contributed by atoms with van der Waals surface area (Å²) in [4.78, 5) is 51.3. The predicted octanol–water partition coefficient (Wildman–Crippen LogP) is 4.28. The third-order valence-electron chi connectivity index (χ3n) is 9.66. The number of carbonyl (C=O) groups excluding carboxylic acids is 3. The third-order valence-corrected chi connectivity index (χ3v) is 11.4. The van der Waals surface area contributed by atoms with Crippen LogP contribution >= 0.6 is 11.8 Å². The first-order chi connectivity index (χ1) is 21.4. The van der Waals surface area contributed by atoms with Gasteiger partial charge in [-0.15, -0.1) is 11.8 Å². The summed E-state index contributed by atoms with van der Waals surface area (Å²) in [6.45, 7) is 9.21. The Morgan fingerprint density at radius 1 is 0.932 bits per heavy atom. The molecule has 0 aromatic heterocycles. The Morgan fingerprint density at radius 2 is 1.66 bits per heavy atom. The second-order valence-corrected chi connectivity index (χ2v) is 13.4. The number of nitrogens with zero attached hydrogens (tertiary/aromatic N) is 4. The van der Waals surface area contributed by atoms with E-state index in [0.717, 1.165) is 36.4 Å². The third kappa shape index (κ3) is 4.85. The maximum atomic E-state index is 14.9. The average Bonchev–Trinajstić information content (AvgIpc) is 3.36. The molecule has 1 N–H and O–H groups in total. The van der Waals surface area contributed by atoms with Crippen LogP contribution in [0, 0.1) is 11.8 Å². The molecule has 2 aromatic carbocycles. The molecule has 1 unspecified atom stereocenters. The molecule has 1 spiro atoms. The Balaban J connectivity index is 1.46. The number of aliphatic hydroxyl groups is 1. The van der Waals surface area contributed by atoms with Gasteiger partial charge in [0.1, 0.15) is 6.04 Å². The maximum Gasteiger partial charge on any atom is 0.251 e. The zero-order valence-electron chi connectivity index (χ0n) is 25.7. The summed E-state index contributed by atoms with van der Waals surface area (Å²) in [6, 6.07) is 15.8. The lowest BCUT2D eigenvalue weighted by Crippen LogP contribution is -2.54. The SMILES string of the molecule is CCCN1CC=C[C@@H]2S[C@]34C=CCN(c5ccc(N(CC)CC)cc5)C(=O)C3N([C@H](CO)c3ccccc3)C(=O)[C@@H]4[C@@H]2C1=O. The number of amides is 3. The average molecular weight is 615 g/mol. The van der Waals surface area contributed by atoms with Gasteiger partial charge in [0, 0.05) is 49.3 Å². The van der Waals surface area contributed by atoms with Gasteiger partial charge in [-0.1, -0.05) is 61.6 Å². The highest BCUT2D eigenvalue weighted by Gasteiger charge is 2.71. The Kier molecular flexibility index (Phi) is 8.61. The minimum absolute atomic E-state index is 0.0284. The molecule has 9 heteroatoms. The van der Waals surface area contributed by atoms with E-state index in [1.807, 2.05) is 84.6 Å². The molecule has 0 saturated carbocycles. The molecule has 44 heavy (non-hydrogen) atoms. The van der Waals surface area contributed by atoms with Crippen LogP contribution in [0.1, 0.15) is 38.8 Å². The summed E-state index contributed by atoms with van der Waals surface area (Å²) in [7, 11) is 0. The zero-order chi connectivity index (χ0) is 31.0. The molecule has 0 radical (unpaired) electrons. The van der Waals surface area contributed by atoms with Gasteiger partial charge in [-0.3, -0.25) is 14.4 Å². The number of carbonyl (C=O) groups is 3. The first-order valence-corrected chi connectivity index (χ1v) is 16.7. The van der Waals surface area contributed by atoms with Crippen molar-refractivity contribution in [3.63, 3.8) is 0 Å². The monoisotopic (exact) mass is 614 g/mol. The molecule has 4 heterocycles. The highest BCUT2D eigenvalue weighted by molar-refractivity contribution is 8.02. The summed E-state index contributed by atoms with van der Waals surface area (Å²) in [6.07, 6.45) is 8.95. The molecule has 2 saturated heterocycles. The van der Waals surface area contributed by atoms with Crippen molar-refractivity contribution in [2.45, 2.75) is 49.3 Å². The number of anilines is 2. The first-order valence-electron chi connectivity index (χ1n) is 15.8. The van der Waals surface area contributed by atoms with Gasteiger partial charge in [0.15, 0.2) is 0 Å². The normalized spacial score (nSPS) is 28.5. The number of hydrogen-bond acceptors (Lipinski definition) is 6. The van der Waals surface area contributed by atoms with Gasteiger partial charge in [0.25, 0.3) is 5.91 Å². The van der Waals surface area contributed by atoms with E-state index < -0.39 is 28.7 Å². The van der Waals surface area contributed by atoms with Gasteiger partial charge in [0.05, 0.1) is 29.2 Å². The van der Waals surface area contributed by atoms with Crippen molar-refractivity contribution in [3.8, 4) is 0 Å². The largest absolute Gasteiger partial charge is 0.394 e. The molecule has 0 bridgehead atoms. The molecule has 4 aliphatic rings. The highest BCUT2D eigenvalue weighted by atomic mass is 32.2. The minimum Gasteiger partial charge on any atom is -0.394 e. The molecule has 6 atom stereocenters. The second kappa shape index (κ2) is 12.4. The molecular formula is C35H42N4O4S. The number of hydrogen-bond donors (Lipinski definition) is 1. The number of aliphatic hydroxyl groups excluding tert-OH is 1. The molecule has 6 rings (SSSR count). The predicted molar refractivity (Wildman–Crippen MR) is 175 cm³/mol. The number of thioether (sulfide) groups is 1. The van der Waals surface area contributed by atoms with E-state index in [1.165, 1.54) is 0 Å². The van der Waals surface area contributed by atoms with E-state index in [0.29, 0.717) is 19.6 Å². The summed E-state index contributed by atoms with van der Waals surface area (Å²) in [5.41, 5.74) is 2.60.